The van der Waals surface area contributed by atoms with E-state index in [9.17, 15) is 8.42 Å². The highest BCUT2D eigenvalue weighted by molar-refractivity contribution is 7.89. The molecule has 1 aliphatic heterocycles. The van der Waals surface area contributed by atoms with Gasteiger partial charge in [-0.05, 0) is 44.3 Å². The Kier molecular flexibility index (Phi) is 8.14. The van der Waals surface area contributed by atoms with Crippen molar-refractivity contribution in [2.75, 3.05) is 45.5 Å². The van der Waals surface area contributed by atoms with E-state index < -0.39 is 10.0 Å². The Morgan fingerprint density at radius 3 is 2.68 bits per heavy atom. The maximum Gasteiger partial charge on any atom is 0.211 e. The van der Waals surface area contributed by atoms with Crippen LogP contribution in [0.25, 0.3) is 0 Å². The molecule has 1 aliphatic rings. The number of nitrogens with zero attached hydrogens (tertiary/aromatic N) is 2. The Morgan fingerprint density at radius 1 is 1.32 bits per heavy atom. The molecule has 1 aromatic rings. The van der Waals surface area contributed by atoms with Gasteiger partial charge in [-0.25, -0.2) is 13.1 Å². The lowest BCUT2D eigenvalue weighted by Crippen LogP contribution is -2.44. The van der Waals surface area contributed by atoms with E-state index in [0.29, 0.717) is 25.1 Å². The van der Waals surface area contributed by atoms with Crippen LogP contribution in [0.5, 0.6) is 0 Å². The van der Waals surface area contributed by atoms with Gasteiger partial charge in [0.25, 0.3) is 0 Å². The minimum Gasteiger partial charge on any atom is -0.355 e. The summed E-state index contributed by atoms with van der Waals surface area (Å²) in [5.41, 5.74) is 0. The van der Waals surface area contributed by atoms with Gasteiger partial charge in [0, 0.05) is 31.6 Å². The minimum absolute atomic E-state index is 0.0955. The van der Waals surface area contributed by atoms with Gasteiger partial charge in [-0.2, -0.15) is 0 Å². The Balaban J connectivity index is 1.81. The number of likely N-dealkylation sites (tertiary alicyclic amines) is 1. The van der Waals surface area contributed by atoms with Crippen molar-refractivity contribution in [2.24, 2.45) is 4.99 Å². The van der Waals surface area contributed by atoms with E-state index in [2.05, 4.69) is 42.8 Å². The van der Waals surface area contributed by atoms with E-state index in [4.69, 9.17) is 0 Å². The highest BCUT2D eigenvalue weighted by Crippen LogP contribution is 2.27. The zero-order valence-electron chi connectivity index (χ0n) is 15.0. The highest BCUT2D eigenvalue weighted by atomic mass is 32.2. The molecule has 1 saturated heterocycles. The number of nitrogens with one attached hydrogen (secondary N) is 3. The van der Waals surface area contributed by atoms with Crippen LogP contribution in [-0.4, -0.2) is 64.8 Å². The average molecular weight is 388 g/mol. The van der Waals surface area contributed by atoms with Gasteiger partial charge < -0.3 is 10.6 Å². The van der Waals surface area contributed by atoms with Crippen LogP contribution in [0.1, 0.15) is 30.7 Å². The molecule has 1 unspecified atom stereocenters. The lowest BCUT2D eigenvalue weighted by Gasteiger charge is -2.27. The molecule has 1 atom stereocenters. The SMILES string of the molecule is CCS(=O)(=O)NCCNC(=NC)NCC(c1cccs1)N1CCCC1. The zero-order valence-corrected chi connectivity index (χ0v) is 16.6. The summed E-state index contributed by atoms with van der Waals surface area (Å²) in [6.07, 6.45) is 2.51. The largest absolute Gasteiger partial charge is 0.355 e. The summed E-state index contributed by atoms with van der Waals surface area (Å²) in [6, 6.07) is 4.63. The molecule has 1 fully saturated rings. The van der Waals surface area contributed by atoms with Crippen molar-refractivity contribution in [3.8, 4) is 0 Å². The first-order valence-corrected chi connectivity index (χ1v) is 11.3. The first-order chi connectivity index (χ1) is 12.1. The van der Waals surface area contributed by atoms with Crippen LogP contribution in [0.3, 0.4) is 0 Å². The van der Waals surface area contributed by atoms with Gasteiger partial charge in [0.2, 0.25) is 10.0 Å². The van der Waals surface area contributed by atoms with Gasteiger partial charge in [0.15, 0.2) is 5.96 Å². The third-order valence-electron chi connectivity index (χ3n) is 4.26. The molecule has 0 saturated carbocycles. The molecule has 3 N–H and O–H groups in total. The highest BCUT2D eigenvalue weighted by Gasteiger charge is 2.24. The predicted octanol–water partition coefficient (Wildman–Crippen LogP) is 0.989. The third-order valence-corrected chi connectivity index (χ3v) is 6.64. The minimum atomic E-state index is -3.15. The summed E-state index contributed by atoms with van der Waals surface area (Å²) >= 11 is 1.79. The van der Waals surface area contributed by atoms with Crippen molar-refractivity contribution in [1.82, 2.24) is 20.3 Å². The van der Waals surface area contributed by atoms with Gasteiger partial charge in [0.1, 0.15) is 0 Å². The lowest BCUT2D eigenvalue weighted by atomic mass is 10.2. The molecule has 25 heavy (non-hydrogen) atoms. The van der Waals surface area contributed by atoms with Crippen LogP contribution < -0.4 is 15.4 Å². The zero-order chi connectivity index (χ0) is 18.1. The molecule has 0 spiro atoms. The fraction of sp³-hybridized carbons (Fsp3) is 0.688. The molecular formula is C16H29N5O2S2. The number of hydrogen-bond donors (Lipinski definition) is 3. The Labute approximate surface area is 155 Å². The summed E-state index contributed by atoms with van der Waals surface area (Å²) in [5, 5.41) is 8.64. The van der Waals surface area contributed by atoms with E-state index in [1.54, 1.807) is 25.3 Å². The number of thiophene rings is 1. The molecule has 142 valence electrons. The fourth-order valence-electron chi connectivity index (χ4n) is 2.85. The first-order valence-electron chi connectivity index (χ1n) is 8.75. The van der Waals surface area contributed by atoms with Gasteiger partial charge in [0.05, 0.1) is 11.8 Å². The summed E-state index contributed by atoms with van der Waals surface area (Å²) < 4.78 is 25.4. The maximum absolute atomic E-state index is 11.4. The normalized spacial score (nSPS) is 17.6. The van der Waals surface area contributed by atoms with Gasteiger partial charge >= 0.3 is 0 Å². The third kappa shape index (κ3) is 6.58. The van der Waals surface area contributed by atoms with E-state index in [1.807, 2.05) is 0 Å². The predicted molar refractivity (Wildman–Crippen MR) is 105 cm³/mol. The van der Waals surface area contributed by atoms with Crippen molar-refractivity contribution >= 4 is 27.3 Å². The lowest BCUT2D eigenvalue weighted by molar-refractivity contribution is 0.249. The van der Waals surface area contributed by atoms with E-state index in [0.717, 1.165) is 19.6 Å². The van der Waals surface area contributed by atoms with Crippen LogP contribution in [0.15, 0.2) is 22.5 Å². The smallest absolute Gasteiger partial charge is 0.211 e. The number of hydrogen-bond acceptors (Lipinski definition) is 5. The Hall–Kier alpha value is -1.16. The topological polar surface area (TPSA) is 85.8 Å². The van der Waals surface area contributed by atoms with Crippen molar-refractivity contribution in [2.45, 2.75) is 25.8 Å². The van der Waals surface area contributed by atoms with Crippen molar-refractivity contribution < 1.29 is 8.42 Å². The monoisotopic (exact) mass is 387 g/mol. The maximum atomic E-state index is 11.4. The molecule has 0 amide bonds. The first kappa shape index (κ1) is 20.2. The average Bonchev–Trinajstić information content (AvgIpc) is 3.31. The van der Waals surface area contributed by atoms with Crippen LogP contribution in [-0.2, 0) is 10.0 Å². The molecule has 1 aromatic heterocycles. The molecule has 0 aromatic carbocycles. The summed E-state index contributed by atoms with van der Waals surface area (Å²) in [4.78, 5) is 8.10. The quantitative estimate of drug-likeness (QED) is 0.334. The Morgan fingerprint density at radius 2 is 2.08 bits per heavy atom. The molecule has 0 bridgehead atoms. The second-order valence-corrected chi connectivity index (χ2v) is 9.03. The second-order valence-electron chi connectivity index (χ2n) is 5.95. The van der Waals surface area contributed by atoms with Crippen LogP contribution in [0.2, 0.25) is 0 Å². The van der Waals surface area contributed by atoms with Gasteiger partial charge in [-0.15, -0.1) is 11.3 Å². The number of aliphatic imine (C=N–C) groups is 1. The summed E-state index contributed by atoms with van der Waals surface area (Å²) in [6.45, 7) is 5.51. The van der Waals surface area contributed by atoms with E-state index in [1.165, 1.54) is 17.7 Å². The number of sulfonamides is 1. The molecule has 9 heteroatoms. The molecule has 2 heterocycles. The van der Waals surface area contributed by atoms with Gasteiger partial charge in [-0.1, -0.05) is 6.07 Å². The Bertz CT molecular complexity index is 625. The molecule has 0 aliphatic carbocycles. The second kappa shape index (κ2) is 10.1. The standard InChI is InChI=1S/C16H29N5O2S2/c1-3-25(22,23)20-9-8-18-16(17-2)19-13-14(15-7-6-12-24-15)21-10-4-5-11-21/h6-7,12,14,20H,3-5,8-11,13H2,1-2H3,(H2,17,18,19). The van der Waals surface area contributed by atoms with Crippen molar-refractivity contribution in [3.63, 3.8) is 0 Å². The molecular weight excluding hydrogens is 358 g/mol. The summed E-state index contributed by atoms with van der Waals surface area (Å²) in [7, 11) is -1.42. The van der Waals surface area contributed by atoms with Crippen molar-refractivity contribution in [3.05, 3.63) is 22.4 Å². The summed E-state index contributed by atoms with van der Waals surface area (Å²) in [5.74, 6) is 0.787. The van der Waals surface area contributed by atoms with E-state index in [-0.39, 0.29) is 5.75 Å². The number of rotatable bonds is 9. The van der Waals surface area contributed by atoms with Gasteiger partial charge in [-0.3, -0.25) is 9.89 Å². The molecule has 2 rings (SSSR count). The fourth-order valence-corrected chi connectivity index (χ4v) is 4.33. The van der Waals surface area contributed by atoms with Crippen LogP contribution >= 0.6 is 11.3 Å². The molecule has 0 radical (unpaired) electrons. The number of guanidine groups is 1. The van der Waals surface area contributed by atoms with Crippen LogP contribution in [0.4, 0.5) is 0 Å². The van der Waals surface area contributed by atoms with E-state index >= 15 is 0 Å². The van der Waals surface area contributed by atoms with Crippen molar-refractivity contribution in [1.29, 1.82) is 0 Å². The molecule has 7 nitrogen and oxygen atoms in total. The van der Waals surface area contributed by atoms with Crippen LogP contribution in [0, 0.1) is 0 Å².